The van der Waals surface area contributed by atoms with Crippen LogP contribution in [0.2, 0.25) is 0 Å². The number of hydrogen-bond donors (Lipinski definition) is 3. The predicted octanol–water partition coefficient (Wildman–Crippen LogP) is 1.64. The van der Waals surface area contributed by atoms with Crippen LogP contribution in [0, 0.1) is 0 Å². The standard InChI is InChI=1S/C15H25N3O2S/c1-16-11-12-6-10-21-15(12)17-13-4-7-18(8-5-13)14(20)3-2-9-19/h6,9-10,13-14,16-17,20H,2-5,7-8,11H2,1H3. The second kappa shape index (κ2) is 8.48. The monoisotopic (exact) mass is 311 g/mol. The van der Waals surface area contributed by atoms with Crippen LogP contribution in [-0.4, -0.2) is 48.7 Å². The number of rotatable bonds is 8. The zero-order valence-electron chi connectivity index (χ0n) is 12.5. The summed E-state index contributed by atoms with van der Waals surface area (Å²) in [7, 11) is 1.96. The fraction of sp³-hybridized carbons (Fsp3) is 0.667. The van der Waals surface area contributed by atoms with E-state index < -0.39 is 6.23 Å². The maximum absolute atomic E-state index is 10.4. The number of carbonyl (C=O) groups is 1. The van der Waals surface area contributed by atoms with Gasteiger partial charge in [-0.25, -0.2) is 0 Å². The maximum atomic E-state index is 10.4. The number of nitrogens with one attached hydrogen (secondary N) is 2. The molecule has 1 fully saturated rings. The number of aliphatic hydroxyl groups excluding tert-OH is 1. The van der Waals surface area contributed by atoms with Gasteiger partial charge >= 0.3 is 0 Å². The van der Waals surface area contributed by atoms with E-state index in [0.29, 0.717) is 18.9 Å². The molecule has 0 amide bonds. The Balaban J connectivity index is 1.78. The second-order valence-corrected chi connectivity index (χ2v) is 6.40. The summed E-state index contributed by atoms with van der Waals surface area (Å²) in [6, 6.07) is 2.62. The molecule has 1 aromatic rings. The van der Waals surface area contributed by atoms with E-state index in [1.807, 2.05) is 7.05 Å². The average molecular weight is 311 g/mol. The number of piperidine rings is 1. The molecule has 1 aliphatic rings. The number of likely N-dealkylation sites (tertiary alicyclic amines) is 1. The van der Waals surface area contributed by atoms with Crippen molar-refractivity contribution in [2.45, 2.75) is 44.5 Å². The summed E-state index contributed by atoms with van der Waals surface area (Å²) >= 11 is 1.75. The summed E-state index contributed by atoms with van der Waals surface area (Å²) < 4.78 is 0. The van der Waals surface area contributed by atoms with Crippen LogP contribution in [0.1, 0.15) is 31.2 Å². The smallest absolute Gasteiger partial charge is 0.120 e. The number of thiophene rings is 1. The molecule has 6 heteroatoms. The summed E-state index contributed by atoms with van der Waals surface area (Å²) in [6.45, 7) is 2.64. The SMILES string of the molecule is CNCc1ccsc1NC1CCN(C(O)CCC=O)CC1. The van der Waals surface area contributed by atoms with E-state index in [-0.39, 0.29) is 0 Å². The van der Waals surface area contributed by atoms with Crippen molar-refractivity contribution in [3.63, 3.8) is 0 Å². The Labute approximate surface area is 130 Å². The summed E-state index contributed by atoms with van der Waals surface area (Å²) in [5.41, 5.74) is 1.32. The van der Waals surface area contributed by atoms with Crippen LogP contribution in [0.15, 0.2) is 11.4 Å². The first-order chi connectivity index (χ1) is 10.2. The Kier molecular flexibility index (Phi) is 6.63. The molecule has 1 aromatic heterocycles. The molecule has 118 valence electrons. The molecule has 2 heterocycles. The van der Waals surface area contributed by atoms with E-state index in [0.717, 1.165) is 38.8 Å². The second-order valence-electron chi connectivity index (χ2n) is 5.48. The van der Waals surface area contributed by atoms with Crippen LogP contribution in [0.25, 0.3) is 0 Å². The van der Waals surface area contributed by atoms with Gasteiger partial charge in [0.25, 0.3) is 0 Å². The zero-order chi connectivity index (χ0) is 15.1. The Morgan fingerprint density at radius 1 is 1.52 bits per heavy atom. The number of nitrogens with zero attached hydrogens (tertiary/aromatic N) is 1. The lowest BCUT2D eigenvalue weighted by Gasteiger charge is -2.35. The van der Waals surface area contributed by atoms with Crippen LogP contribution >= 0.6 is 11.3 Å². The highest BCUT2D eigenvalue weighted by atomic mass is 32.1. The first kappa shape index (κ1) is 16.4. The Bertz CT molecular complexity index is 430. The van der Waals surface area contributed by atoms with E-state index in [2.05, 4.69) is 27.0 Å². The van der Waals surface area contributed by atoms with E-state index in [4.69, 9.17) is 0 Å². The number of anilines is 1. The third-order valence-corrected chi connectivity index (χ3v) is 4.83. The molecular formula is C15H25N3O2S. The molecule has 0 aromatic carbocycles. The quantitative estimate of drug-likeness (QED) is 0.637. The molecule has 5 nitrogen and oxygen atoms in total. The molecule has 2 rings (SSSR count). The minimum absolute atomic E-state index is 0.432. The van der Waals surface area contributed by atoms with Crippen molar-refractivity contribution in [2.24, 2.45) is 0 Å². The third kappa shape index (κ3) is 4.78. The van der Waals surface area contributed by atoms with Crippen molar-refractivity contribution in [3.8, 4) is 0 Å². The van der Waals surface area contributed by atoms with Crippen LogP contribution in [0.5, 0.6) is 0 Å². The minimum atomic E-state index is -0.474. The van der Waals surface area contributed by atoms with Gasteiger partial charge in [0.2, 0.25) is 0 Å². The van der Waals surface area contributed by atoms with Crippen LogP contribution in [0.4, 0.5) is 5.00 Å². The topological polar surface area (TPSA) is 64.6 Å². The van der Waals surface area contributed by atoms with Crippen LogP contribution in [0.3, 0.4) is 0 Å². The highest BCUT2D eigenvalue weighted by molar-refractivity contribution is 7.14. The molecule has 0 spiro atoms. The normalized spacial score (nSPS) is 18.6. The Morgan fingerprint density at radius 3 is 2.95 bits per heavy atom. The molecule has 0 saturated carbocycles. The van der Waals surface area contributed by atoms with Gasteiger partial charge in [0.1, 0.15) is 12.5 Å². The van der Waals surface area contributed by atoms with E-state index in [1.165, 1.54) is 10.6 Å². The fourth-order valence-corrected chi connectivity index (χ4v) is 3.61. The molecule has 21 heavy (non-hydrogen) atoms. The number of hydrogen-bond acceptors (Lipinski definition) is 6. The van der Waals surface area contributed by atoms with Crippen molar-refractivity contribution in [3.05, 3.63) is 17.0 Å². The van der Waals surface area contributed by atoms with Crippen molar-refractivity contribution in [2.75, 3.05) is 25.5 Å². The lowest BCUT2D eigenvalue weighted by atomic mass is 10.0. The summed E-state index contributed by atoms with van der Waals surface area (Å²) in [5.74, 6) is 0. The third-order valence-electron chi connectivity index (χ3n) is 3.94. The molecule has 0 aliphatic carbocycles. The van der Waals surface area contributed by atoms with Gasteiger partial charge in [-0.3, -0.25) is 4.90 Å². The highest BCUT2D eigenvalue weighted by Gasteiger charge is 2.24. The summed E-state index contributed by atoms with van der Waals surface area (Å²) in [5, 5.41) is 20.2. The van der Waals surface area contributed by atoms with Gasteiger partial charge < -0.3 is 20.5 Å². The van der Waals surface area contributed by atoms with Gasteiger partial charge in [-0.05, 0) is 37.8 Å². The Morgan fingerprint density at radius 2 is 2.29 bits per heavy atom. The first-order valence-corrected chi connectivity index (χ1v) is 8.45. The van der Waals surface area contributed by atoms with Gasteiger partial charge in [-0.2, -0.15) is 0 Å². The predicted molar refractivity (Wildman–Crippen MR) is 86.6 cm³/mol. The lowest BCUT2D eigenvalue weighted by molar-refractivity contribution is -0.109. The molecule has 1 aliphatic heterocycles. The van der Waals surface area contributed by atoms with Gasteiger partial charge in [0.05, 0.1) is 5.00 Å². The Hall–Kier alpha value is -0.950. The molecule has 1 atom stereocenters. The van der Waals surface area contributed by atoms with Crippen molar-refractivity contribution < 1.29 is 9.90 Å². The van der Waals surface area contributed by atoms with Crippen molar-refractivity contribution in [1.82, 2.24) is 10.2 Å². The minimum Gasteiger partial charge on any atom is -0.378 e. The van der Waals surface area contributed by atoms with Crippen LogP contribution < -0.4 is 10.6 Å². The molecule has 0 radical (unpaired) electrons. The van der Waals surface area contributed by atoms with E-state index in [1.54, 1.807) is 11.3 Å². The van der Waals surface area contributed by atoms with E-state index >= 15 is 0 Å². The maximum Gasteiger partial charge on any atom is 0.120 e. The van der Waals surface area contributed by atoms with Crippen LogP contribution in [-0.2, 0) is 11.3 Å². The number of carbonyl (C=O) groups excluding carboxylic acids is 1. The van der Waals surface area contributed by atoms with Gasteiger partial charge in [0, 0.05) is 37.7 Å². The zero-order valence-corrected chi connectivity index (χ0v) is 13.4. The molecule has 3 N–H and O–H groups in total. The molecule has 0 bridgehead atoms. The summed E-state index contributed by atoms with van der Waals surface area (Å²) in [6.07, 6.45) is 3.42. The largest absolute Gasteiger partial charge is 0.378 e. The molecule has 1 unspecified atom stereocenters. The van der Waals surface area contributed by atoms with Gasteiger partial charge in [-0.15, -0.1) is 11.3 Å². The van der Waals surface area contributed by atoms with Crippen molar-refractivity contribution >= 4 is 22.6 Å². The number of aliphatic hydroxyl groups is 1. The van der Waals surface area contributed by atoms with E-state index in [9.17, 15) is 9.90 Å². The molecular weight excluding hydrogens is 286 g/mol. The van der Waals surface area contributed by atoms with Gasteiger partial charge in [-0.1, -0.05) is 0 Å². The fourth-order valence-electron chi connectivity index (χ4n) is 2.72. The lowest BCUT2D eigenvalue weighted by Crippen LogP contribution is -2.44. The average Bonchev–Trinajstić information content (AvgIpc) is 2.93. The first-order valence-electron chi connectivity index (χ1n) is 7.58. The molecule has 1 saturated heterocycles. The number of aldehydes is 1. The van der Waals surface area contributed by atoms with Crippen molar-refractivity contribution in [1.29, 1.82) is 0 Å². The van der Waals surface area contributed by atoms with Gasteiger partial charge in [0.15, 0.2) is 0 Å². The summed E-state index contributed by atoms with van der Waals surface area (Å²) in [4.78, 5) is 12.4. The highest BCUT2D eigenvalue weighted by Crippen LogP contribution is 2.26.